The first kappa shape index (κ1) is 15.3. The van der Waals surface area contributed by atoms with Crippen molar-refractivity contribution in [3.05, 3.63) is 0 Å². The number of hydrogen-bond donors (Lipinski definition) is 1. The fourth-order valence-corrected chi connectivity index (χ4v) is 3.43. The molecule has 0 aromatic carbocycles. The van der Waals surface area contributed by atoms with E-state index in [-0.39, 0.29) is 35.4 Å². The lowest BCUT2D eigenvalue weighted by Crippen LogP contribution is -2.42. The molecule has 1 heterocycles. The fourth-order valence-electron chi connectivity index (χ4n) is 3.43. The summed E-state index contributed by atoms with van der Waals surface area (Å²) in [5.41, 5.74) is 0.140. The van der Waals surface area contributed by atoms with Gasteiger partial charge in [-0.1, -0.05) is 27.7 Å². The highest BCUT2D eigenvalue weighted by atomic mass is 16.5. The molecule has 114 valence electrons. The molecule has 2 aliphatic rings. The number of aliphatic carboxylic acids is 1. The number of amides is 1. The molecule has 1 saturated heterocycles. The minimum absolute atomic E-state index is 0.0321. The number of ether oxygens (including phenoxy) is 1. The molecule has 20 heavy (non-hydrogen) atoms. The van der Waals surface area contributed by atoms with Gasteiger partial charge in [0.25, 0.3) is 0 Å². The number of carboxylic acid groups (broad SMARTS) is 1. The van der Waals surface area contributed by atoms with Gasteiger partial charge in [0, 0.05) is 19.0 Å². The molecular formula is C15H25NO4. The smallest absolute Gasteiger partial charge is 0.329 e. The fraction of sp³-hybridized carbons (Fsp3) is 0.867. The van der Waals surface area contributed by atoms with Crippen molar-refractivity contribution in [2.75, 3.05) is 19.7 Å². The molecule has 1 aliphatic heterocycles. The first-order valence-electron chi connectivity index (χ1n) is 7.30. The molecule has 0 unspecified atom stereocenters. The number of rotatable bonds is 4. The normalized spacial score (nSPS) is 25.5. The lowest BCUT2D eigenvalue weighted by Gasteiger charge is -2.32. The molecule has 5 nitrogen and oxygen atoms in total. The first-order chi connectivity index (χ1) is 9.18. The summed E-state index contributed by atoms with van der Waals surface area (Å²) in [4.78, 5) is 24.9. The van der Waals surface area contributed by atoms with Crippen molar-refractivity contribution in [2.45, 2.75) is 46.6 Å². The van der Waals surface area contributed by atoms with Gasteiger partial charge < -0.3 is 14.7 Å². The Morgan fingerprint density at radius 2 is 1.65 bits per heavy atom. The van der Waals surface area contributed by atoms with Crippen molar-refractivity contribution in [3.8, 4) is 0 Å². The van der Waals surface area contributed by atoms with Crippen molar-refractivity contribution in [1.82, 2.24) is 4.90 Å². The minimum atomic E-state index is -0.940. The maximum Gasteiger partial charge on any atom is 0.329 e. The van der Waals surface area contributed by atoms with Gasteiger partial charge in [-0.15, -0.1) is 0 Å². The average Bonchev–Trinajstić information content (AvgIpc) is 2.77. The number of likely N-dealkylation sites (tertiary alicyclic amines) is 1. The molecule has 1 N–H and O–H groups in total. The average molecular weight is 283 g/mol. The molecule has 0 bridgehead atoms. The molecule has 1 amide bonds. The quantitative estimate of drug-likeness (QED) is 0.853. The van der Waals surface area contributed by atoms with Crippen LogP contribution in [0, 0.1) is 16.7 Å². The molecule has 2 fully saturated rings. The second kappa shape index (κ2) is 5.02. The SMILES string of the molecule is CC1(C)C(C(=O)N2CCC(OCC(=O)O)CC2)C1(C)C. The Morgan fingerprint density at radius 3 is 2.05 bits per heavy atom. The number of hydrogen-bond acceptors (Lipinski definition) is 3. The first-order valence-corrected chi connectivity index (χ1v) is 7.30. The molecule has 5 heteroatoms. The third-order valence-electron chi connectivity index (χ3n) is 5.46. The van der Waals surface area contributed by atoms with Crippen LogP contribution < -0.4 is 0 Å². The van der Waals surface area contributed by atoms with Gasteiger partial charge in [-0.2, -0.15) is 0 Å². The Morgan fingerprint density at radius 1 is 1.15 bits per heavy atom. The number of carboxylic acids is 1. The van der Waals surface area contributed by atoms with Crippen LogP contribution in [0.4, 0.5) is 0 Å². The van der Waals surface area contributed by atoms with Gasteiger partial charge in [0.2, 0.25) is 5.91 Å². The summed E-state index contributed by atoms with van der Waals surface area (Å²) >= 11 is 0. The van der Waals surface area contributed by atoms with Crippen molar-refractivity contribution in [1.29, 1.82) is 0 Å². The van der Waals surface area contributed by atoms with Gasteiger partial charge in [-0.05, 0) is 23.7 Å². The van der Waals surface area contributed by atoms with E-state index in [0.29, 0.717) is 13.1 Å². The Labute approximate surface area is 120 Å². The Bertz CT molecular complexity index is 394. The molecule has 1 saturated carbocycles. The van der Waals surface area contributed by atoms with Crippen molar-refractivity contribution >= 4 is 11.9 Å². The Kier molecular flexibility index (Phi) is 3.84. The number of nitrogens with zero attached hydrogens (tertiary/aromatic N) is 1. The third kappa shape index (κ3) is 2.55. The van der Waals surface area contributed by atoms with Gasteiger partial charge in [0.1, 0.15) is 6.61 Å². The largest absolute Gasteiger partial charge is 0.480 e. The van der Waals surface area contributed by atoms with Crippen LogP contribution in [0.5, 0.6) is 0 Å². The molecule has 0 aromatic rings. The molecular weight excluding hydrogens is 258 g/mol. The van der Waals surface area contributed by atoms with Gasteiger partial charge in [0.15, 0.2) is 0 Å². The van der Waals surface area contributed by atoms with Crippen LogP contribution in [0.25, 0.3) is 0 Å². The molecule has 0 spiro atoms. The van der Waals surface area contributed by atoms with Crippen molar-refractivity contribution in [3.63, 3.8) is 0 Å². The summed E-state index contributed by atoms with van der Waals surface area (Å²) in [7, 11) is 0. The summed E-state index contributed by atoms with van der Waals surface area (Å²) in [6.45, 7) is 9.70. The lowest BCUT2D eigenvalue weighted by atomic mass is 10.0. The highest BCUT2D eigenvalue weighted by molar-refractivity contribution is 5.84. The van der Waals surface area contributed by atoms with E-state index >= 15 is 0 Å². The van der Waals surface area contributed by atoms with E-state index < -0.39 is 5.97 Å². The number of piperidine rings is 1. The van der Waals surface area contributed by atoms with E-state index in [1.165, 1.54) is 0 Å². The van der Waals surface area contributed by atoms with Crippen LogP contribution in [0.3, 0.4) is 0 Å². The molecule has 0 atom stereocenters. The van der Waals surface area contributed by atoms with E-state index in [1.807, 2.05) is 4.90 Å². The Balaban J connectivity index is 1.83. The van der Waals surface area contributed by atoms with Crippen LogP contribution in [0.15, 0.2) is 0 Å². The molecule has 2 rings (SSSR count). The summed E-state index contributed by atoms with van der Waals surface area (Å²) < 4.78 is 5.29. The van der Waals surface area contributed by atoms with E-state index in [1.54, 1.807) is 0 Å². The summed E-state index contributed by atoms with van der Waals surface area (Å²) in [5.74, 6) is -0.590. The minimum Gasteiger partial charge on any atom is -0.480 e. The van der Waals surface area contributed by atoms with Gasteiger partial charge in [-0.3, -0.25) is 4.79 Å². The molecule has 0 aromatic heterocycles. The van der Waals surface area contributed by atoms with Crippen LogP contribution in [-0.2, 0) is 14.3 Å². The molecule has 1 aliphatic carbocycles. The monoisotopic (exact) mass is 283 g/mol. The predicted molar refractivity (Wildman–Crippen MR) is 74.2 cm³/mol. The van der Waals surface area contributed by atoms with Crippen LogP contribution in [0.1, 0.15) is 40.5 Å². The zero-order valence-corrected chi connectivity index (χ0v) is 12.8. The second-order valence-electron chi connectivity index (χ2n) is 7.11. The zero-order valence-electron chi connectivity index (χ0n) is 12.8. The standard InChI is InChI=1S/C15H25NO4/c1-14(2)12(15(14,3)4)13(19)16-7-5-10(6-8-16)20-9-11(17)18/h10,12H,5-9H2,1-4H3,(H,17,18). The number of carbonyl (C=O) groups excluding carboxylic acids is 1. The highest BCUT2D eigenvalue weighted by Gasteiger charge is 2.68. The predicted octanol–water partition coefficient (Wildman–Crippen LogP) is 1.76. The van der Waals surface area contributed by atoms with Gasteiger partial charge >= 0.3 is 5.97 Å². The van der Waals surface area contributed by atoms with Gasteiger partial charge in [0.05, 0.1) is 6.10 Å². The topological polar surface area (TPSA) is 66.8 Å². The van der Waals surface area contributed by atoms with Crippen LogP contribution in [0.2, 0.25) is 0 Å². The van der Waals surface area contributed by atoms with Crippen LogP contribution >= 0.6 is 0 Å². The van der Waals surface area contributed by atoms with Crippen molar-refractivity contribution in [2.24, 2.45) is 16.7 Å². The Hall–Kier alpha value is -1.10. The lowest BCUT2D eigenvalue weighted by molar-refractivity contribution is -0.147. The van der Waals surface area contributed by atoms with E-state index in [9.17, 15) is 9.59 Å². The van der Waals surface area contributed by atoms with Crippen LogP contribution in [-0.4, -0.2) is 47.7 Å². The van der Waals surface area contributed by atoms with E-state index in [4.69, 9.17) is 9.84 Å². The highest BCUT2D eigenvalue weighted by Crippen LogP contribution is 2.68. The summed E-state index contributed by atoms with van der Waals surface area (Å²) in [5, 5.41) is 8.59. The van der Waals surface area contributed by atoms with E-state index in [0.717, 1.165) is 12.8 Å². The summed E-state index contributed by atoms with van der Waals surface area (Å²) in [6.07, 6.45) is 1.43. The second-order valence-corrected chi connectivity index (χ2v) is 7.11. The van der Waals surface area contributed by atoms with Crippen molar-refractivity contribution < 1.29 is 19.4 Å². The summed E-state index contributed by atoms with van der Waals surface area (Å²) in [6, 6.07) is 0. The third-order valence-corrected chi connectivity index (χ3v) is 5.46. The molecule has 0 radical (unpaired) electrons. The van der Waals surface area contributed by atoms with E-state index in [2.05, 4.69) is 27.7 Å². The zero-order chi connectivity index (χ0) is 15.1. The van der Waals surface area contributed by atoms with Gasteiger partial charge in [-0.25, -0.2) is 4.79 Å². The number of carbonyl (C=O) groups is 2. The maximum absolute atomic E-state index is 12.6. The maximum atomic E-state index is 12.6.